The zero-order valence-electron chi connectivity index (χ0n) is 12.6. The van der Waals surface area contributed by atoms with E-state index < -0.39 is 0 Å². The summed E-state index contributed by atoms with van der Waals surface area (Å²) in [6, 6.07) is 6.21. The van der Waals surface area contributed by atoms with Crippen LogP contribution in [-0.4, -0.2) is 29.4 Å². The van der Waals surface area contributed by atoms with Crippen LogP contribution in [0.3, 0.4) is 0 Å². The van der Waals surface area contributed by atoms with Crippen LogP contribution in [0.2, 0.25) is 0 Å². The smallest absolute Gasteiger partial charge is 0.308 e. The number of hydrogen-bond acceptors (Lipinski definition) is 3. The summed E-state index contributed by atoms with van der Waals surface area (Å²) in [7, 11) is 0. The number of piperidine rings is 1. The minimum atomic E-state index is -0.288. The molecule has 4 heteroatoms. The lowest BCUT2D eigenvalue weighted by molar-refractivity contribution is -0.134. The van der Waals surface area contributed by atoms with E-state index in [2.05, 4.69) is 0 Å². The first-order valence-electron chi connectivity index (χ1n) is 7.62. The first kappa shape index (κ1) is 14.1. The van der Waals surface area contributed by atoms with Crippen LogP contribution in [0.4, 0.5) is 0 Å². The molecule has 4 nitrogen and oxygen atoms in total. The first-order chi connectivity index (χ1) is 10.0. The third kappa shape index (κ3) is 2.80. The second-order valence-corrected chi connectivity index (χ2v) is 6.11. The molecular weight excluding hydrogens is 266 g/mol. The van der Waals surface area contributed by atoms with Crippen LogP contribution in [0.25, 0.3) is 0 Å². The monoisotopic (exact) mass is 287 g/mol. The molecule has 1 aromatic rings. The van der Waals surface area contributed by atoms with Gasteiger partial charge in [0.25, 0.3) is 0 Å². The molecule has 1 aliphatic carbocycles. The molecule has 1 saturated heterocycles. The van der Waals surface area contributed by atoms with Crippen LogP contribution in [0, 0.1) is 5.92 Å². The number of ether oxygens (including phenoxy) is 1. The minimum absolute atomic E-state index is 0.185. The van der Waals surface area contributed by atoms with Crippen LogP contribution >= 0.6 is 0 Å². The Morgan fingerprint density at radius 2 is 2.00 bits per heavy atom. The molecule has 2 aliphatic rings. The van der Waals surface area contributed by atoms with E-state index in [0.29, 0.717) is 17.7 Å². The molecule has 1 fully saturated rings. The Morgan fingerprint density at radius 3 is 2.71 bits per heavy atom. The molecule has 0 aromatic heterocycles. The number of amides is 1. The predicted octanol–water partition coefficient (Wildman–Crippen LogP) is 2.34. The number of benzene rings is 1. The van der Waals surface area contributed by atoms with Gasteiger partial charge in [0.05, 0.1) is 0 Å². The standard InChI is InChI=1S/C17H21NO3/c1-11(19)18-7-3-4-14-8-15-9-16(21-12(2)20)6-5-13(15)10-17(14)18/h5-6,9,14,17H,3-4,7-8,10H2,1-2H3/t14-,17-/m0/s1. The van der Waals surface area contributed by atoms with Crippen molar-refractivity contribution in [3.63, 3.8) is 0 Å². The Labute approximate surface area is 125 Å². The van der Waals surface area contributed by atoms with Crippen molar-refractivity contribution >= 4 is 11.9 Å². The molecule has 0 bridgehead atoms. The maximum atomic E-state index is 11.8. The summed E-state index contributed by atoms with van der Waals surface area (Å²) in [5, 5.41) is 0. The van der Waals surface area contributed by atoms with E-state index >= 15 is 0 Å². The summed E-state index contributed by atoms with van der Waals surface area (Å²) in [4.78, 5) is 24.9. The van der Waals surface area contributed by atoms with Gasteiger partial charge in [-0.15, -0.1) is 0 Å². The van der Waals surface area contributed by atoms with Gasteiger partial charge < -0.3 is 9.64 Å². The van der Waals surface area contributed by atoms with Gasteiger partial charge in [-0.25, -0.2) is 0 Å². The molecule has 21 heavy (non-hydrogen) atoms. The molecule has 0 radical (unpaired) electrons. The van der Waals surface area contributed by atoms with Crippen LogP contribution in [0.1, 0.15) is 37.8 Å². The Bertz CT molecular complexity index is 581. The van der Waals surface area contributed by atoms with Gasteiger partial charge in [0, 0.05) is 26.4 Å². The quantitative estimate of drug-likeness (QED) is 0.588. The predicted molar refractivity (Wildman–Crippen MR) is 79.1 cm³/mol. The number of likely N-dealkylation sites (tertiary alicyclic amines) is 1. The van der Waals surface area contributed by atoms with E-state index in [1.54, 1.807) is 6.92 Å². The normalized spacial score (nSPS) is 24.0. The molecule has 1 aliphatic heterocycles. The van der Waals surface area contributed by atoms with Crippen molar-refractivity contribution in [3.8, 4) is 5.75 Å². The van der Waals surface area contributed by atoms with Crippen molar-refractivity contribution in [1.82, 2.24) is 4.90 Å². The largest absolute Gasteiger partial charge is 0.427 e. The summed E-state index contributed by atoms with van der Waals surface area (Å²) >= 11 is 0. The number of rotatable bonds is 1. The van der Waals surface area contributed by atoms with Gasteiger partial charge in [-0.05, 0) is 54.9 Å². The van der Waals surface area contributed by atoms with Gasteiger partial charge >= 0.3 is 5.97 Å². The molecule has 0 spiro atoms. The highest BCUT2D eigenvalue weighted by Crippen LogP contribution is 2.36. The van der Waals surface area contributed by atoms with Gasteiger partial charge in [-0.2, -0.15) is 0 Å². The molecule has 112 valence electrons. The van der Waals surface area contributed by atoms with Crippen LogP contribution in [0.5, 0.6) is 5.75 Å². The van der Waals surface area contributed by atoms with Crippen LogP contribution in [0.15, 0.2) is 18.2 Å². The lowest BCUT2D eigenvalue weighted by Crippen LogP contribution is -2.51. The third-order valence-corrected chi connectivity index (χ3v) is 4.67. The van der Waals surface area contributed by atoms with Gasteiger partial charge in [0.15, 0.2) is 0 Å². The highest BCUT2D eigenvalue weighted by molar-refractivity contribution is 5.74. The van der Waals surface area contributed by atoms with Gasteiger partial charge in [-0.3, -0.25) is 9.59 Å². The van der Waals surface area contributed by atoms with Crippen molar-refractivity contribution in [2.45, 2.75) is 45.6 Å². The Balaban J connectivity index is 1.86. The van der Waals surface area contributed by atoms with E-state index in [9.17, 15) is 9.59 Å². The molecule has 1 aromatic carbocycles. The fraction of sp³-hybridized carbons (Fsp3) is 0.529. The number of hydrogen-bond donors (Lipinski definition) is 0. The van der Waals surface area contributed by atoms with E-state index in [0.717, 1.165) is 25.8 Å². The Kier molecular flexibility index (Phi) is 3.70. The molecule has 1 amide bonds. The van der Waals surface area contributed by atoms with Crippen molar-refractivity contribution in [3.05, 3.63) is 29.3 Å². The SMILES string of the molecule is CC(=O)Oc1ccc2c(c1)C[C@@H]1CCCN(C(C)=O)[C@H]1C2. The average molecular weight is 287 g/mol. The van der Waals surface area contributed by atoms with Crippen molar-refractivity contribution in [1.29, 1.82) is 0 Å². The lowest BCUT2D eigenvalue weighted by Gasteiger charge is -2.44. The average Bonchev–Trinajstić information content (AvgIpc) is 2.43. The van der Waals surface area contributed by atoms with E-state index in [1.807, 2.05) is 23.1 Å². The fourth-order valence-electron chi connectivity index (χ4n) is 3.77. The molecule has 2 atom stereocenters. The van der Waals surface area contributed by atoms with E-state index in [1.165, 1.54) is 24.5 Å². The Hall–Kier alpha value is -1.84. The number of esters is 1. The second-order valence-electron chi connectivity index (χ2n) is 6.11. The maximum absolute atomic E-state index is 11.8. The highest BCUT2D eigenvalue weighted by atomic mass is 16.5. The third-order valence-electron chi connectivity index (χ3n) is 4.67. The number of carbonyl (C=O) groups is 2. The summed E-state index contributed by atoms with van der Waals surface area (Å²) in [6.45, 7) is 3.97. The molecular formula is C17H21NO3. The number of fused-ring (bicyclic) bond motifs is 2. The minimum Gasteiger partial charge on any atom is -0.427 e. The van der Waals surface area contributed by atoms with Crippen molar-refractivity contribution in [2.75, 3.05) is 6.54 Å². The van der Waals surface area contributed by atoms with Crippen LogP contribution < -0.4 is 4.74 Å². The van der Waals surface area contributed by atoms with E-state index in [4.69, 9.17) is 4.74 Å². The molecule has 0 unspecified atom stereocenters. The summed E-state index contributed by atoms with van der Waals surface area (Å²) in [6.07, 6.45) is 4.14. The summed E-state index contributed by atoms with van der Waals surface area (Å²) < 4.78 is 5.17. The molecule has 0 saturated carbocycles. The molecule has 0 N–H and O–H groups in total. The van der Waals surface area contributed by atoms with Crippen molar-refractivity contribution in [2.24, 2.45) is 5.92 Å². The number of nitrogens with zero attached hydrogens (tertiary/aromatic N) is 1. The highest BCUT2D eigenvalue weighted by Gasteiger charge is 2.36. The Morgan fingerprint density at radius 1 is 1.19 bits per heavy atom. The van der Waals surface area contributed by atoms with E-state index in [-0.39, 0.29) is 11.9 Å². The van der Waals surface area contributed by atoms with Gasteiger partial charge in [0.1, 0.15) is 5.75 Å². The maximum Gasteiger partial charge on any atom is 0.308 e. The second kappa shape index (κ2) is 5.51. The fourth-order valence-corrected chi connectivity index (χ4v) is 3.77. The van der Waals surface area contributed by atoms with Crippen molar-refractivity contribution < 1.29 is 14.3 Å². The molecule has 3 rings (SSSR count). The lowest BCUT2D eigenvalue weighted by atomic mass is 9.75. The first-order valence-corrected chi connectivity index (χ1v) is 7.62. The zero-order valence-corrected chi connectivity index (χ0v) is 12.6. The van der Waals surface area contributed by atoms with Gasteiger partial charge in [-0.1, -0.05) is 6.07 Å². The zero-order chi connectivity index (χ0) is 15.0. The number of carbonyl (C=O) groups excluding carboxylic acids is 2. The summed E-state index contributed by atoms with van der Waals surface area (Å²) in [5.41, 5.74) is 2.54. The molecule has 1 heterocycles. The van der Waals surface area contributed by atoms with Gasteiger partial charge in [0.2, 0.25) is 5.91 Å². The van der Waals surface area contributed by atoms with Crippen LogP contribution in [-0.2, 0) is 22.4 Å². The summed E-state index contributed by atoms with van der Waals surface area (Å²) in [5.74, 6) is 1.05. The topological polar surface area (TPSA) is 46.6 Å².